The Bertz CT molecular complexity index is 1270. The second-order valence-electron chi connectivity index (χ2n) is 7.76. The molecule has 0 saturated heterocycles. The molecule has 3 aromatic rings. The Balaban J connectivity index is 1.58. The molecule has 0 amide bonds. The SMILES string of the molecule is O=S(=O)(O)NC[C@H]1C[C@@H](Nc2ccnc3cc(-c4cccc(C(F)(F)F)c4)nn23)[C@H](O)[C@@H]1O. The lowest BCUT2D eigenvalue weighted by molar-refractivity contribution is -0.137. The predicted octanol–water partition coefficient (Wildman–Crippen LogP) is 1.33. The fourth-order valence-corrected chi connectivity index (χ4v) is 4.30. The van der Waals surface area contributed by atoms with Crippen molar-refractivity contribution in [2.75, 3.05) is 11.9 Å². The van der Waals surface area contributed by atoms with Crippen molar-refractivity contribution in [3.05, 3.63) is 48.2 Å². The maximum atomic E-state index is 13.1. The fraction of sp³-hybridized carbons (Fsp3) is 0.368. The summed E-state index contributed by atoms with van der Waals surface area (Å²) in [6.07, 6.45) is -5.39. The van der Waals surface area contributed by atoms with Gasteiger partial charge in [0.05, 0.1) is 23.4 Å². The Kier molecular flexibility index (Phi) is 6.05. The summed E-state index contributed by atoms with van der Waals surface area (Å²) >= 11 is 0. The van der Waals surface area contributed by atoms with Gasteiger partial charge in [-0.25, -0.2) is 4.98 Å². The zero-order chi connectivity index (χ0) is 24.0. The number of fused-ring (bicyclic) bond motifs is 1. The Morgan fingerprint density at radius 3 is 2.61 bits per heavy atom. The highest BCUT2D eigenvalue weighted by molar-refractivity contribution is 7.83. The molecule has 4 atom stereocenters. The van der Waals surface area contributed by atoms with E-state index in [9.17, 15) is 31.8 Å². The highest BCUT2D eigenvalue weighted by Gasteiger charge is 2.42. The third-order valence-electron chi connectivity index (χ3n) is 5.51. The molecule has 10 nitrogen and oxygen atoms in total. The number of halogens is 3. The van der Waals surface area contributed by atoms with Gasteiger partial charge in [0, 0.05) is 30.3 Å². The highest BCUT2D eigenvalue weighted by Crippen LogP contribution is 2.33. The second kappa shape index (κ2) is 8.53. The first-order valence-electron chi connectivity index (χ1n) is 9.79. The van der Waals surface area contributed by atoms with Crippen LogP contribution in [0.5, 0.6) is 0 Å². The van der Waals surface area contributed by atoms with Crippen LogP contribution >= 0.6 is 0 Å². The lowest BCUT2D eigenvalue weighted by Crippen LogP contribution is -2.37. The van der Waals surface area contributed by atoms with Crippen LogP contribution < -0.4 is 10.0 Å². The van der Waals surface area contributed by atoms with E-state index in [1.807, 2.05) is 4.72 Å². The molecule has 2 aromatic heterocycles. The van der Waals surface area contributed by atoms with Crippen molar-refractivity contribution in [2.45, 2.75) is 30.8 Å². The van der Waals surface area contributed by atoms with E-state index >= 15 is 0 Å². The van der Waals surface area contributed by atoms with E-state index in [4.69, 9.17) is 4.55 Å². The van der Waals surface area contributed by atoms with Gasteiger partial charge in [0.25, 0.3) is 0 Å². The van der Waals surface area contributed by atoms with Crippen LogP contribution in [0.3, 0.4) is 0 Å². The fourth-order valence-electron chi connectivity index (χ4n) is 3.87. The normalized spacial score (nSPS) is 23.8. The molecule has 1 aliphatic carbocycles. The third kappa shape index (κ3) is 5.09. The zero-order valence-corrected chi connectivity index (χ0v) is 17.6. The Morgan fingerprint density at radius 1 is 1.15 bits per heavy atom. The molecular formula is C19H20F3N5O5S. The number of aliphatic hydroxyl groups is 2. The van der Waals surface area contributed by atoms with Gasteiger partial charge in [0.2, 0.25) is 0 Å². The second-order valence-corrected chi connectivity index (χ2v) is 9.00. The smallest absolute Gasteiger partial charge is 0.390 e. The van der Waals surface area contributed by atoms with Crippen LogP contribution in [0.25, 0.3) is 16.9 Å². The van der Waals surface area contributed by atoms with Crippen LogP contribution in [0.15, 0.2) is 42.6 Å². The summed E-state index contributed by atoms with van der Waals surface area (Å²) in [6.45, 7) is -0.275. The predicted molar refractivity (Wildman–Crippen MR) is 111 cm³/mol. The number of nitrogens with zero attached hydrogens (tertiary/aromatic N) is 3. The van der Waals surface area contributed by atoms with E-state index in [2.05, 4.69) is 15.4 Å². The van der Waals surface area contributed by atoms with E-state index in [-0.39, 0.29) is 24.2 Å². The largest absolute Gasteiger partial charge is 0.416 e. The van der Waals surface area contributed by atoms with Gasteiger partial charge in [0.1, 0.15) is 11.9 Å². The number of rotatable bonds is 6. The highest BCUT2D eigenvalue weighted by atomic mass is 32.2. The zero-order valence-electron chi connectivity index (χ0n) is 16.8. The van der Waals surface area contributed by atoms with Gasteiger partial charge in [-0.3, -0.25) is 4.55 Å². The van der Waals surface area contributed by atoms with Gasteiger partial charge in [0.15, 0.2) is 5.65 Å². The lowest BCUT2D eigenvalue weighted by Gasteiger charge is -2.19. The van der Waals surface area contributed by atoms with Crippen molar-refractivity contribution in [2.24, 2.45) is 5.92 Å². The summed E-state index contributed by atoms with van der Waals surface area (Å²) in [5.41, 5.74) is 0.0278. The van der Waals surface area contributed by atoms with E-state index in [0.717, 1.165) is 12.1 Å². The molecule has 1 aliphatic rings. The first kappa shape index (κ1) is 23.4. The van der Waals surface area contributed by atoms with Crippen LogP contribution in [-0.2, 0) is 16.5 Å². The van der Waals surface area contributed by atoms with Gasteiger partial charge in [-0.1, -0.05) is 12.1 Å². The van der Waals surface area contributed by atoms with Crippen LogP contribution in [-0.4, -0.2) is 62.6 Å². The minimum Gasteiger partial charge on any atom is -0.390 e. The average Bonchev–Trinajstić information content (AvgIpc) is 3.29. The lowest BCUT2D eigenvalue weighted by atomic mass is 10.1. The van der Waals surface area contributed by atoms with Gasteiger partial charge < -0.3 is 15.5 Å². The van der Waals surface area contributed by atoms with Crippen molar-refractivity contribution in [1.29, 1.82) is 0 Å². The molecule has 0 unspecified atom stereocenters. The van der Waals surface area contributed by atoms with E-state index in [1.54, 1.807) is 6.07 Å². The average molecular weight is 487 g/mol. The topological polar surface area (TPSA) is 149 Å². The molecule has 1 saturated carbocycles. The van der Waals surface area contributed by atoms with Crippen molar-refractivity contribution in [3.8, 4) is 11.3 Å². The number of alkyl halides is 3. The summed E-state index contributed by atoms with van der Waals surface area (Å²) in [5, 5.41) is 28.0. The van der Waals surface area contributed by atoms with Crippen molar-refractivity contribution in [3.63, 3.8) is 0 Å². The summed E-state index contributed by atoms with van der Waals surface area (Å²) in [7, 11) is -4.45. The van der Waals surface area contributed by atoms with Crippen LogP contribution in [0.2, 0.25) is 0 Å². The molecule has 2 heterocycles. The van der Waals surface area contributed by atoms with E-state index in [1.165, 1.54) is 28.9 Å². The van der Waals surface area contributed by atoms with Crippen LogP contribution in [0.4, 0.5) is 19.0 Å². The van der Waals surface area contributed by atoms with Crippen molar-refractivity contribution in [1.82, 2.24) is 19.3 Å². The van der Waals surface area contributed by atoms with Gasteiger partial charge >= 0.3 is 16.5 Å². The quantitative estimate of drug-likeness (QED) is 0.327. The molecule has 4 rings (SSSR count). The van der Waals surface area contributed by atoms with Gasteiger partial charge in [-0.05, 0) is 24.6 Å². The minimum atomic E-state index is -4.50. The van der Waals surface area contributed by atoms with Crippen LogP contribution in [0.1, 0.15) is 12.0 Å². The molecule has 14 heteroatoms. The molecule has 178 valence electrons. The molecule has 33 heavy (non-hydrogen) atoms. The van der Waals surface area contributed by atoms with Gasteiger partial charge in [-0.2, -0.15) is 35.9 Å². The van der Waals surface area contributed by atoms with Crippen LogP contribution in [0, 0.1) is 5.92 Å². The summed E-state index contributed by atoms with van der Waals surface area (Å²) in [4.78, 5) is 4.16. The maximum Gasteiger partial charge on any atom is 0.416 e. The molecule has 0 bridgehead atoms. The standard InChI is InChI=1S/C19H20F3N5O5S/c20-19(21,22)12-3-1-2-10(6-12)13-8-16-23-5-4-15(27(16)26-13)25-14-7-11(17(28)18(14)29)9-24-33(30,31)32/h1-6,8,11,14,17-18,24-25,28-29H,7,9H2,(H,30,31,32)/t11-,14-,17-,18+/m1/s1. The number of aromatic nitrogens is 3. The molecule has 0 radical (unpaired) electrons. The van der Waals surface area contributed by atoms with Gasteiger partial charge in [-0.15, -0.1) is 0 Å². The first-order valence-corrected chi connectivity index (χ1v) is 11.2. The number of anilines is 1. The Hall–Kier alpha value is -2.78. The molecule has 0 aliphatic heterocycles. The van der Waals surface area contributed by atoms with E-state index in [0.29, 0.717) is 11.5 Å². The number of nitrogens with one attached hydrogen (secondary N) is 2. The number of hydrogen-bond donors (Lipinski definition) is 5. The number of hydrogen-bond acceptors (Lipinski definition) is 7. The number of benzene rings is 1. The summed E-state index contributed by atoms with van der Waals surface area (Å²) in [5.74, 6) is -0.312. The molecule has 1 fully saturated rings. The first-order chi connectivity index (χ1) is 15.4. The molecule has 0 spiro atoms. The number of aliphatic hydroxyl groups excluding tert-OH is 2. The third-order valence-corrected chi connectivity index (χ3v) is 6.04. The summed E-state index contributed by atoms with van der Waals surface area (Å²) in [6, 6.07) is 7.08. The monoisotopic (exact) mass is 487 g/mol. The minimum absolute atomic E-state index is 0.163. The summed E-state index contributed by atoms with van der Waals surface area (Å²) < 4.78 is 73.0. The Labute approximate surface area is 186 Å². The molecule has 5 N–H and O–H groups in total. The maximum absolute atomic E-state index is 13.1. The van der Waals surface area contributed by atoms with Crippen molar-refractivity contribution >= 4 is 21.8 Å². The molecule has 1 aromatic carbocycles. The van der Waals surface area contributed by atoms with E-state index < -0.39 is 46.2 Å². The molecular weight excluding hydrogens is 467 g/mol. The van der Waals surface area contributed by atoms with Crippen molar-refractivity contribution < 1.29 is 36.4 Å². The Morgan fingerprint density at radius 2 is 1.91 bits per heavy atom.